The van der Waals surface area contributed by atoms with Gasteiger partial charge in [-0.1, -0.05) is 24.3 Å². The van der Waals surface area contributed by atoms with Crippen molar-refractivity contribution in [3.05, 3.63) is 71.3 Å². The highest BCUT2D eigenvalue weighted by Gasteiger charge is 2.19. The van der Waals surface area contributed by atoms with Crippen LogP contribution < -0.4 is 5.73 Å². The number of rotatable bonds is 6. The summed E-state index contributed by atoms with van der Waals surface area (Å²) in [4.78, 5) is 2.16. The van der Waals surface area contributed by atoms with Crippen molar-refractivity contribution < 1.29 is 8.78 Å². The van der Waals surface area contributed by atoms with E-state index in [4.69, 9.17) is 5.73 Å². The topological polar surface area (TPSA) is 29.3 Å². The monoisotopic (exact) mass is 304 g/mol. The largest absolute Gasteiger partial charge is 0.329 e. The molecule has 0 aliphatic rings. The third-order valence-corrected chi connectivity index (χ3v) is 4.11. The van der Waals surface area contributed by atoms with Crippen molar-refractivity contribution in [3.8, 4) is 0 Å². The molecule has 2 N–H and O–H groups in total. The lowest BCUT2D eigenvalue weighted by atomic mass is 9.90. The Morgan fingerprint density at radius 2 is 1.32 bits per heavy atom. The van der Waals surface area contributed by atoms with Crippen LogP contribution >= 0.6 is 0 Å². The van der Waals surface area contributed by atoms with Gasteiger partial charge in [0.25, 0.3) is 0 Å². The summed E-state index contributed by atoms with van der Waals surface area (Å²) in [5.41, 5.74) is 7.73. The molecule has 0 amide bonds. The van der Waals surface area contributed by atoms with E-state index < -0.39 is 0 Å². The van der Waals surface area contributed by atoms with Gasteiger partial charge in [-0.05, 0) is 49.4 Å². The summed E-state index contributed by atoms with van der Waals surface area (Å²) in [7, 11) is 2.01. The van der Waals surface area contributed by atoms with Gasteiger partial charge >= 0.3 is 0 Å². The van der Waals surface area contributed by atoms with Crippen molar-refractivity contribution in [2.24, 2.45) is 5.73 Å². The second-order valence-electron chi connectivity index (χ2n) is 5.68. The number of nitrogens with two attached hydrogens (primary N) is 1. The molecular weight excluding hydrogens is 282 g/mol. The molecule has 0 spiro atoms. The molecule has 4 heteroatoms. The van der Waals surface area contributed by atoms with Gasteiger partial charge in [-0.2, -0.15) is 0 Å². The Hall–Kier alpha value is -1.78. The number of hydrogen-bond acceptors (Lipinski definition) is 2. The van der Waals surface area contributed by atoms with Crippen LogP contribution in [0.15, 0.2) is 48.5 Å². The van der Waals surface area contributed by atoms with Gasteiger partial charge in [-0.3, -0.25) is 0 Å². The molecule has 118 valence electrons. The quantitative estimate of drug-likeness (QED) is 0.886. The lowest BCUT2D eigenvalue weighted by Gasteiger charge is -2.29. The van der Waals surface area contributed by atoms with Gasteiger partial charge in [0.1, 0.15) is 11.6 Å². The molecule has 2 aromatic rings. The van der Waals surface area contributed by atoms with E-state index in [1.807, 2.05) is 7.05 Å². The molecule has 1 unspecified atom stereocenters. The number of benzene rings is 2. The first-order chi connectivity index (χ1) is 10.5. The Bertz CT molecular complexity index is 536. The van der Waals surface area contributed by atoms with Crippen LogP contribution in [0, 0.1) is 11.6 Å². The van der Waals surface area contributed by atoms with Crippen LogP contribution in [-0.4, -0.2) is 31.1 Å². The van der Waals surface area contributed by atoms with E-state index in [9.17, 15) is 8.78 Å². The van der Waals surface area contributed by atoms with Crippen LogP contribution in [0.1, 0.15) is 24.0 Å². The fraction of sp³-hybridized carbons (Fsp3) is 0.333. The minimum atomic E-state index is -0.259. The molecule has 0 bridgehead atoms. The summed E-state index contributed by atoms with van der Waals surface area (Å²) in [6, 6.07) is 13.2. The highest BCUT2D eigenvalue weighted by molar-refractivity contribution is 5.33. The zero-order valence-corrected chi connectivity index (χ0v) is 13.0. The van der Waals surface area contributed by atoms with Gasteiger partial charge in [0.05, 0.1) is 0 Å². The minimum Gasteiger partial charge on any atom is -0.329 e. The number of halogens is 2. The van der Waals surface area contributed by atoms with Gasteiger partial charge in [0.15, 0.2) is 0 Å². The van der Waals surface area contributed by atoms with E-state index in [2.05, 4.69) is 11.8 Å². The number of likely N-dealkylation sites (N-methyl/N-ethyl adjacent to an activating group) is 1. The molecule has 0 aromatic heterocycles. The normalized spacial score (nSPS) is 12.9. The second-order valence-corrected chi connectivity index (χ2v) is 5.68. The molecule has 1 atom stereocenters. The lowest BCUT2D eigenvalue weighted by molar-refractivity contribution is 0.255. The molecule has 2 aromatic carbocycles. The Kier molecular flexibility index (Phi) is 5.63. The van der Waals surface area contributed by atoms with Gasteiger partial charge < -0.3 is 10.6 Å². The Labute approximate surface area is 130 Å². The van der Waals surface area contributed by atoms with E-state index in [0.717, 1.165) is 17.7 Å². The zero-order valence-electron chi connectivity index (χ0n) is 13.0. The molecule has 2 rings (SSSR count). The van der Waals surface area contributed by atoms with Crippen molar-refractivity contribution in [2.75, 3.05) is 20.1 Å². The Balaban J connectivity index is 2.31. The zero-order chi connectivity index (χ0) is 16.1. The number of nitrogens with zero attached hydrogens (tertiary/aromatic N) is 1. The molecule has 0 radical (unpaired) electrons. The van der Waals surface area contributed by atoms with Gasteiger partial charge in [-0.25, -0.2) is 8.78 Å². The Morgan fingerprint density at radius 3 is 1.68 bits per heavy atom. The summed E-state index contributed by atoms with van der Waals surface area (Å²) in [5.74, 6) is -0.476. The molecule has 0 heterocycles. The smallest absolute Gasteiger partial charge is 0.123 e. The summed E-state index contributed by atoms with van der Waals surface area (Å²) in [5, 5.41) is 0. The van der Waals surface area contributed by atoms with Crippen LogP contribution in [0.4, 0.5) is 8.78 Å². The first kappa shape index (κ1) is 16.6. The van der Waals surface area contributed by atoms with Crippen LogP contribution in [0.5, 0.6) is 0 Å². The molecule has 0 aliphatic carbocycles. The summed E-state index contributed by atoms with van der Waals surface area (Å²) in [6.07, 6.45) is 0. The van der Waals surface area contributed by atoms with Crippen molar-refractivity contribution in [1.82, 2.24) is 4.90 Å². The van der Waals surface area contributed by atoms with Crippen LogP contribution in [-0.2, 0) is 0 Å². The maximum absolute atomic E-state index is 13.2. The third-order valence-electron chi connectivity index (χ3n) is 4.11. The predicted octanol–water partition coefficient (Wildman–Crippen LogP) is 3.38. The molecule has 0 saturated carbocycles. The fourth-order valence-corrected chi connectivity index (χ4v) is 2.44. The third kappa shape index (κ3) is 4.12. The lowest BCUT2D eigenvalue weighted by Crippen LogP contribution is -2.38. The summed E-state index contributed by atoms with van der Waals surface area (Å²) < 4.78 is 26.3. The average molecular weight is 304 g/mol. The molecule has 0 saturated heterocycles. The van der Waals surface area contributed by atoms with E-state index in [-0.39, 0.29) is 23.6 Å². The molecule has 22 heavy (non-hydrogen) atoms. The molecule has 2 nitrogen and oxygen atoms in total. The van der Waals surface area contributed by atoms with E-state index in [1.165, 1.54) is 24.3 Å². The van der Waals surface area contributed by atoms with Gasteiger partial charge in [0, 0.05) is 25.0 Å². The van der Waals surface area contributed by atoms with E-state index in [0.29, 0.717) is 6.54 Å². The maximum atomic E-state index is 13.2. The predicted molar refractivity (Wildman–Crippen MR) is 85.8 cm³/mol. The molecular formula is C18H22F2N2. The minimum absolute atomic E-state index is 0.0419. The van der Waals surface area contributed by atoms with E-state index >= 15 is 0 Å². The Morgan fingerprint density at radius 1 is 0.909 bits per heavy atom. The highest BCUT2D eigenvalue weighted by atomic mass is 19.1. The SMILES string of the molecule is CC(CN)N(C)CC(c1ccc(F)cc1)c1ccc(F)cc1. The first-order valence-electron chi connectivity index (χ1n) is 7.42. The van der Waals surface area contributed by atoms with Crippen molar-refractivity contribution in [1.29, 1.82) is 0 Å². The van der Waals surface area contributed by atoms with Crippen molar-refractivity contribution in [3.63, 3.8) is 0 Å². The van der Waals surface area contributed by atoms with Gasteiger partial charge in [-0.15, -0.1) is 0 Å². The second kappa shape index (κ2) is 7.47. The van der Waals surface area contributed by atoms with Crippen LogP contribution in [0.2, 0.25) is 0 Å². The first-order valence-corrected chi connectivity index (χ1v) is 7.42. The number of hydrogen-bond donors (Lipinski definition) is 1. The molecule has 0 aliphatic heterocycles. The summed E-state index contributed by atoms with van der Waals surface area (Å²) in [6.45, 7) is 3.36. The average Bonchev–Trinajstić information content (AvgIpc) is 2.53. The fourth-order valence-electron chi connectivity index (χ4n) is 2.44. The maximum Gasteiger partial charge on any atom is 0.123 e. The van der Waals surface area contributed by atoms with Gasteiger partial charge in [0.2, 0.25) is 0 Å². The van der Waals surface area contributed by atoms with Crippen LogP contribution in [0.25, 0.3) is 0 Å². The van der Waals surface area contributed by atoms with Crippen molar-refractivity contribution in [2.45, 2.75) is 18.9 Å². The standard InChI is InChI=1S/C18H22F2N2/c1-13(11-21)22(2)12-18(14-3-7-16(19)8-4-14)15-5-9-17(20)10-6-15/h3-10,13,18H,11-12,21H2,1-2H3. The van der Waals surface area contributed by atoms with Crippen molar-refractivity contribution >= 4 is 0 Å². The van der Waals surface area contributed by atoms with Crippen LogP contribution in [0.3, 0.4) is 0 Å². The summed E-state index contributed by atoms with van der Waals surface area (Å²) >= 11 is 0. The molecule has 0 fully saturated rings. The highest BCUT2D eigenvalue weighted by Crippen LogP contribution is 2.26. The van der Waals surface area contributed by atoms with E-state index in [1.54, 1.807) is 24.3 Å².